The number of nitrogens with zero attached hydrogens (tertiary/aromatic N) is 3. The maximum absolute atomic E-state index is 13.2. The first kappa shape index (κ1) is 20.9. The Hall–Kier alpha value is -2.86. The van der Waals surface area contributed by atoms with E-state index in [0.717, 1.165) is 35.7 Å². The van der Waals surface area contributed by atoms with Crippen LogP contribution in [0.3, 0.4) is 0 Å². The van der Waals surface area contributed by atoms with Crippen molar-refractivity contribution in [1.29, 1.82) is 0 Å². The first-order valence-electron chi connectivity index (χ1n) is 9.38. The van der Waals surface area contributed by atoms with Crippen molar-refractivity contribution >= 4 is 29.9 Å². The van der Waals surface area contributed by atoms with E-state index >= 15 is 0 Å². The van der Waals surface area contributed by atoms with Gasteiger partial charge in [0.1, 0.15) is 17.4 Å². The Balaban J connectivity index is 0.00000240. The predicted octanol–water partition coefficient (Wildman–Crippen LogP) is 5.23. The van der Waals surface area contributed by atoms with Crippen LogP contribution in [0.1, 0.15) is 35.3 Å². The zero-order valence-electron chi connectivity index (χ0n) is 16.6. The smallest absolute Gasteiger partial charge is 0.229 e. The molecule has 0 radical (unpaired) electrons. The van der Waals surface area contributed by atoms with Crippen LogP contribution < -0.4 is 10.2 Å². The molecule has 1 aromatic heterocycles. The van der Waals surface area contributed by atoms with Crippen molar-refractivity contribution in [3.63, 3.8) is 0 Å². The van der Waals surface area contributed by atoms with Crippen LogP contribution in [0.4, 0.5) is 21.8 Å². The molecule has 2 N–H and O–H groups in total. The third kappa shape index (κ3) is 4.12. The lowest BCUT2D eigenvalue weighted by Gasteiger charge is -2.37. The molecule has 1 aliphatic rings. The van der Waals surface area contributed by atoms with Crippen LogP contribution in [-0.2, 0) is 6.42 Å². The third-order valence-electron chi connectivity index (χ3n) is 5.40. The molecule has 29 heavy (non-hydrogen) atoms. The SMILES string of the molecule is Cc1nc(Nc2ccc(F)cc2)nc(N2CCc3cc(O)ccc3C2C)c1C.Cl. The number of aryl methyl sites for hydroxylation is 1. The molecule has 1 atom stereocenters. The molecule has 0 spiro atoms. The molecule has 1 unspecified atom stereocenters. The van der Waals surface area contributed by atoms with Gasteiger partial charge in [-0.2, -0.15) is 4.98 Å². The van der Waals surface area contributed by atoms with Gasteiger partial charge in [-0.05, 0) is 74.7 Å². The van der Waals surface area contributed by atoms with Crippen molar-refractivity contribution in [2.75, 3.05) is 16.8 Å². The molecule has 0 fully saturated rings. The van der Waals surface area contributed by atoms with Crippen molar-refractivity contribution in [3.8, 4) is 5.75 Å². The van der Waals surface area contributed by atoms with Crippen LogP contribution in [0.15, 0.2) is 42.5 Å². The molecule has 2 aromatic carbocycles. The number of hydrogen-bond acceptors (Lipinski definition) is 5. The molecule has 3 aromatic rings. The van der Waals surface area contributed by atoms with E-state index in [9.17, 15) is 9.50 Å². The van der Waals surface area contributed by atoms with Crippen molar-refractivity contribution in [1.82, 2.24) is 9.97 Å². The molecule has 0 aliphatic carbocycles. The summed E-state index contributed by atoms with van der Waals surface area (Å²) in [7, 11) is 0. The van der Waals surface area contributed by atoms with Crippen LogP contribution in [0.25, 0.3) is 0 Å². The summed E-state index contributed by atoms with van der Waals surface area (Å²) in [5, 5.41) is 12.9. The first-order valence-corrected chi connectivity index (χ1v) is 9.38. The lowest BCUT2D eigenvalue weighted by Crippen LogP contribution is -2.35. The van der Waals surface area contributed by atoms with Gasteiger partial charge < -0.3 is 15.3 Å². The highest BCUT2D eigenvalue weighted by Gasteiger charge is 2.27. The minimum Gasteiger partial charge on any atom is -0.508 e. The van der Waals surface area contributed by atoms with E-state index in [1.807, 2.05) is 26.0 Å². The number of aromatic nitrogens is 2. The van der Waals surface area contributed by atoms with Gasteiger partial charge in [-0.3, -0.25) is 0 Å². The molecule has 0 saturated heterocycles. The number of halogens is 2. The Morgan fingerprint density at radius 2 is 1.83 bits per heavy atom. The summed E-state index contributed by atoms with van der Waals surface area (Å²) in [5.74, 6) is 1.41. The van der Waals surface area contributed by atoms with Gasteiger partial charge in [-0.1, -0.05) is 6.07 Å². The fraction of sp³-hybridized carbons (Fsp3) is 0.273. The number of phenolic OH excluding ortho intramolecular Hbond substituents is 1. The molecule has 1 aliphatic heterocycles. The summed E-state index contributed by atoms with van der Waals surface area (Å²) in [6.07, 6.45) is 0.845. The average molecular weight is 415 g/mol. The van der Waals surface area contributed by atoms with E-state index in [-0.39, 0.29) is 24.3 Å². The Labute approximate surface area is 176 Å². The maximum Gasteiger partial charge on any atom is 0.229 e. The molecule has 152 valence electrons. The molecule has 5 nitrogen and oxygen atoms in total. The summed E-state index contributed by atoms with van der Waals surface area (Å²) >= 11 is 0. The molecular weight excluding hydrogens is 391 g/mol. The van der Waals surface area contributed by atoms with Crippen molar-refractivity contribution in [3.05, 3.63) is 70.7 Å². The second-order valence-electron chi connectivity index (χ2n) is 7.22. The summed E-state index contributed by atoms with van der Waals surface area (Å²) in [4.78, 5) is 11.6. The predicted molar refractivity (Wildman–Crippen MR) is 116 cm³/mol. The van der Waals surface area contributed by atoms with E-state index in [2.05, 4.69) is 22.1 Å². The lowest BCUT2D eigenvalue weighted by molar-refractivity contribution is 0.472. The molecule has 4 rings (SSSR count). The number of benzene rings is 2. The average Bonchev–Trinajstić information content (AvgIpc) is 2.67. The number of anilines is 3. The van der Waals surface area contributed by atoms with Crippen molar-refractivity contribution in [2.24, 2.45) is 0 Å². The summed E-state index contributed by atoms with van der Waals surface area (Å²) in [6.45, 7) is 6.96. The fourth-order valence-corrected chi connectivity index (χ4v) is 3.72. The zero-order valence-corrected chi connectivity index (χ0v) is 17.4. The van der Waals surface area contributed by atoms with Gasteiger partial charge in [0.2, 0.25) is 5.95 Å². The van der Waals surface area contributed by atoms with Crippen LogP contribution in [0, 0.1) is 19.7 Å². The second-order valence-corrected chi connectivity index (χ2v) is 7.22. The van der Waals surface area contributed by atoms with Gasteiger partial charge in [0.15, 0.2) is 0 Å². The molecular formula is C22H24ClFN4O. The number of rotatable bonds is 3. The normalized spacial score (nSPS) is 15.4. The monoisotopic (exact) mass is 414 g/mol. The van der Waals surface area contributed by atoms with E-state index < -0.39 is 0 Å². The Morgan fingerprint density at radius 3 is 2.55 bits per heavy atom. The highest BCUT2D eigenvalue weighted by atomic mass is 35.5. The Bertz CT molecular complexity index is 1030. The molecule has 0 amide bonds. The number of hydrogen-bond donors (Lipinski definition) is 2. The molecule has 7 heteroatoms. The van der Waals surface area contributed by atoms with Crippen LogP contribution in [0.2, 0.25) is 0 Å². The highest BCUT2D eigenvalue weighted by molar-refractivity contribution is 5.85. The van der Waals surface area contributed by atoms with Gasteiger partial charge in [0.25, 0.3) is 0 Å². The van der Waals surface area contributed by atoms with Gasteiger partial charge in [0, 0.05) is 23.5 Å². The largest absolute Gasteiger partial charge is 0.508 e. The lowest BCUT2D eigenvalue weighted by atomic mass is 9.93. The van der Waals surface area contributed by atoms with Crippen molar-refractivity contribution in [2.45, 2.75) is 33.2 Å². The van der Waals surface area contributed by atoms with Gasteiger partial charge >= 0.3 is 0 Å². The Kier molecular flexibility index (Phi) is 5.94. The van der Waals surface area contributed by atoms with Gasteiger partial charge in [-0.15, -0.1) is 12.4 Å². The number of phenols is 1. The Morgan fingerprint density at radius 1 is 1.10 bits per heavy atom. The van der Waals surface area contributed by atoms with E-state index in [1.54, 1.807) is 18.2 Å². The molecule has 0 saturated carbocycles. The minimum atomic E-state index is -0.279. The van der Waals surface area contributed by atoms with E-state index in [1.165, 1.54) is 23.3 Å². The summed E-state index contributed by atoms with van der Waals surface area (Å²) in [5.41, 5.74) is 5.06. The second kappa shape index (κ2) is 8.25. The first-order chi connectivity index (χ1) is 13.4. The standard InChI is InChI=1S/C22H23FN4O.ClH/c1-13-14(2)24-22(25-18-6-4-17(23)5-7-18)26-21(13)27-11-10-16-12-19(28)8-9-20(16)15(27)3;/h4-9,12,15,28H,10-11H2,1-3H3,(H,24,25,26);1H. The van der Waals surface area contributed by atoms with Crippen LogP contribution in [-0.4, -0.2) is 21.6 Å². The maximum atomic E-state index is 13.2. The zero-order chi connectivity index (χ0) is 19.8. The number of nitrogens with one attached hydrogen (secondary N) is 1. The van der Waals surface area contributed by atoms with Crippen LogP contribution >= 0.6 is 12.4 Å². The van der Waals surface area contributed by atoms with Crippen LogP contribution in [0.5, 0.6) is 5.75 Å². The highest BCUT2D eigenvalue weighted by Crippen LogP contribution is 2.36. The topological polar surface area (TPSA) is 61.3 Å². The molecule has 0 bridgehead atoms. The van der Waals surface area contributed by atoms with Gasteiger partial charge in [-0.25, -0.2) is 9.37 Å². The van der Waals surface area contributed by atoms with Gasteiger partial charge in [0.05, 0.1) is 6.04 Å². The molecule has 2 heterocycles. The summed E-state index contributed by atoms with van der Waals surface area (Å²) in [6, 6.07) is 11.9. The van der Waals surface area contributed by atoms with E-state index in [0.29, 0.717) is 11.7 Å². The van der Waals surface area contributed by atoms with E-state index in [4.69, 9.17) is 4.98 Å². The van der Waals surface area contributed by atoms with Crippen molar-refractivity contribution < 1.29 is 9.50 Å². The number of aromatic hydroxyl groups is 1. The fourth-order valence-electron chi connectivity index (χ4n) is 3.72. The minimum absolute atomic E-state index is 0. The number of fused-ring (bicyclic) bond motifs is 1. The quantitative estimate of drug-likeness (QED) is 0.614. The summed E-state index contributed by atoms with van der Waals surface area (Å²) < 4.78 is 13.2. The third-order valence-corrected chi connectivity index (χ3v) is 5.40.